The summed E-state index contributed by atoms with van der Waals surface area (Å²) in [5.41, 5.74) is 2.02. The van der Waals surface area contributed by atoms with Crippen molar-refractivity contribution in [1.29, 1.82) is 0 Å². The molecule has 0 spiro atoms. The molecule has 2 heterocycles. The van der Waals surface area contributed by atoms with Crippen molar-refractivity contribution in [1.82, 2.24) is 9.88 Å². The van der Waals surface area contributed by atoms with Crippen LogP contribution in [-0.2, 0) is 4.79 Å². The van der Waals surface area contributed by atoms with Crippen molar-refractivity contribution in [3.63, 3.8) is 0 Å². The number of hydrogen-bond donors (Lipinski definition) is 0. The van der Waals surface area contributed by atoms with Gasteiger partial charge in [-0.25, -0.2) is 4.98 Å². The molecule has 0 radical (unpaired) electrons. The molecule has 1 fully saturated rings. The number of rotatable bonds is 4. The number of piperazine rings is 1. The number of aryl methyl sites for hydroxylation is 1. The first-order valence-electron chi connectivity index (χ1n) is 8.88. The molecule has 0 bridgehead atoms. The minimum Gasteiger partial charge on any atom is -0.345 e. The largest absolute Gasteiger partial charge is 0.345 e. The van der Waals surface area contributed by atoms with E-state index < -0.39 is 0 Å². The summed E-state index contributed by atoms with van der Waals surface area (Å²) in [6.45, 7) is 5.12. The van der Waals surface area contributed by atoms with Gasteiger partial charge in [0.15, 0.2) is 5.13 Å². The number of thiazole rings is 1. The van der Waals surface area contributed by atoms with Gasteiger partial charge in [0.05, 0.1) is 16.0 Å². The fourth-order valence-corrected chi connectivity index (χ4v) is 5.18. The van der Waals surface area contributed by atoms with Gasteiger partial charge in [-0.1, -0.05) is 41.1 Å². The van der Waals surface area contributed by atoms with E-state index in [1.807, 2.05) is 54.3 Å². The Hall–Kier alpha value is -1.76. The number of anilines is 1. The van der Waals surface area contributed by atoms with Gasteiger partial charge in [-0.3, -0.25) is 4.79 Å². The van der Waals surface area contributed by atoms with Crippen molar-refractivity contribution in [3.8, 4) is 0 Å². The summed E-state index contributed by atoms with van der Waals surface area (Å²) >= 11 is 9.51. The Kier molecular flexibility index (Phi) is 5.57. The van der Waals surface area contributed by atoms with Crippen LogP contribution >= 0.6 is 34.7 Å². The average Bonchev–Trinajstić information content (AvgIpc) is 3.15. The number of aromatic nitrogens is 1. The van der Waals surface area contributed by atoms with E-state index >= 15 is 0 Å². The molecular formula is C20H20ClN3OS2. The molecule has 4 nitrogen and oxygen atoms in total. The van der Waals surface area contributed by atoms with Crippen LogP contribution in [0.5, 0.6) is 0 Å². The molecule has 1 saturated heterocycles. The zero-order valence-electron chi connectivity index (χ0n) is 15.0. The standard InChI is InChI=1S/C20H20ClN3OS2/c1-14-16(21)7-8-17-19(14)22-20(27-17)24-11-9-23(10-12-24)18(25)13-26-15-5-3-2-4-6-15/h2-8H,9-13H2,1H3. The maximum atomic E-state index is 12.5. The Morgan fingerprint density at radius 1 is 1.15 bits per heavy atom. The lowest BCUT2D eigenvalue weighted by molar-refractivity contribution is -0.128. The summed E-state index contributed by atoms with van der Waals surface area (Å²) in [6.07, 6.45) is 0. The maximum absolute atomic E-state index is 12.5. The number of fused-ring (bicyclic) bond motifs is 1. The quantitative estimate of drug-likeness (QED) is 0.576. The smallest absolute Gasteiger partial charge is 0.233 e. The van der Waals surface area contributed by atoms with Crippen molar-refractivity contribution >= 4 is 56.0 Å². The summed E-state index contributed by atoms with van der Waals surface area (Å²) in [7, 11) is 0. The van der Waals surface area contributed by atoms with Crippen LogP contribution in [0.2, 0.25) is 5.02 Å². The van der Waals surface area contributed by atoms with Crippen LogP contribution in [0.25, 0.3) is 10.2 Å². The SMILES string of the molecule is Cc1c(Cl)ccc2sc(N3CCN(C(=O)CSc4ccccc4)CC3)nc12. The van der Waals surface area contributed by atoms with E-state index in [0.29, 0.717) is 5.75 Å². The first kappa shape index (κ1) is 18.6. The number of benzene rings is 2. The van der Waals surface area contributed by atoms with E-state index in [-0.39, 0.29) is 5.91 Å². The molecule has 1 amide bonds. The molecule has 7 heteroatoms. The summed E-state index contributed by atoms with van der Waals surface area (Å²) in [5.74, 6) is 0.693. The van der Waals surface area contributed by atoms with Gasteiger partial charge in [-0.2, -0.15) is 0 Å². The topological polar surface area (TPSA) is 36.4 Å². The minimum absolute atomic E-state index is 0.204. The molecule has 1 aromatic heterocycles. The van der Waals surface area contributed by atoms with E-state index in [1.54, 1.807) is 23.1 Å². The zero-order valence-corrected chi connectivity index (χ0v) is 17.4. The Labute approximate surface area is 172 Å². The highest BCUT2D eigenvalue weighted by atomic mass is 35.5. The van der Waals surface area contributed by atoms with Crippen LogP contribution in [0.1, 0.15) is 5.56 Å². The van der Waals surface area contributed by atoms with E-state index in [4.69, 9.17) is 16.6 Å². The molecule has 3 aromatic rings. The molecule has 4 rings (SSSR count). The van der Waals surface area contributed by atoms with E-state index in [2.05, 4.69) is 4.90 Å². The van der Waals surface area contributed by atoms with Gasteiger partial charge >= 0.3 is 0 Å². The first-order valence-corrected chi connectivity index (χ1v) is 11.1. The maximum Gasteiger partial charge on any atom is 0.233 e. The van der Waals surface area contributed by atoms with Gasteiger partial charge in [-0.15, -0.1) is 11.8 Å². The normalized spacial score (nSPS) is 14.7. The molecule has 140 valence electrons. The fourth-order valence-electron chi connectivity index (χ4n) is 3.12. The number of halogens is 1. The second kappa shape index (κ2) is 8.09. The Balaban J connectivity index is 1.36. The van der Waals surface area contributed by atoms with Crippen molar-refractivity contribution < 1.29 is 4.79 Å². The van der Waals surface area contributed by atoms with Gasteiger partial charge in [0.1, 0.15) is 0 Å². The molecule has 0 unspecified atom stereocenters. The van der Waals surface area contributed by atoms with Gasteiger partial charge in [-0.05, 0) is 36.8 Å². The van der Waals surface area contributed by atoms with Gasteiger partial charge < -0.3 is 9.80 Å². The fraction of sp³-hybridized carbons (Fsp3) is 0.300. The Morgan fingerprint density at radius 2 is 1.89 bits per heavy atom. The van der Waals surface area contributed by atoms with Gasteiger partial charge in [0, 0.05) is 36.1 Å². The molecule has 27 heavy (non-hydrogen) atoms. The lowest BCUT2D eigenvalue weighted by Crippen LogP contribution is -2.49. The van der Waals surface area contributed by atoms with Crippen molar-refractivity contribution in [2.24, 2.45) is 0 Å². The van der Waals surface area contributed by atoms with Gasteiger partial charge in [0.2, 0.25) is 5.91 Å². The third-order valence-electron chi connectivity index (χ3n) is 4.74. The second-order valence-electron chi connectivity index (χ2n) is 6.49. The summed E-state index contributed by atoms with van der Waals surface area (Å²) < 4.78 is 1.16. The average molecular weight is 418 g/mol. The van der Waals surface area contributed by atoms with Crippen LogP contribution in [0, 0.1) is 6.92 Å². The van der Waals surface area contributed by atoms with Crippen molar-refractivity contribution in [2.45, 2.75) is 11.8 Å². The lowest BCUT2D eigenvalue weighted by Gasteiger charge is -2.34. The lowest BCUT2D eigenvalue weighted by atomic mass is 10.2. The second-order valence-corrected chi connectivity index (χ2v) is 8.95. The Morgan fingerprint density at radius 3 is 2.63 bits per heavy atom. The molecule has 0 aliphatic carbocycles. The van der Waals surface area contributed by atoms with E-state index in [0.717, 1.165) is 57.0 Å². The van der Waals surface area contributed by atoms with Crippen LogP contribution in [-0.4, -0.2) is 47.7 Å². The highest BCUT2D eigenvalue weighted by molar-refractivity contribution is 8.00. The summed E-state index contributed by atoms with van der Waals surface area (Å²) in [4.78, 5) is 22.7. The highest BCUT2D eigenvalue weighted by Gasteiger charge is 2.23. The van der Waals surface area contributed by atoms with Crippen LogP contribution in [0.4, 0.5) is 5.13 Å². The molecular weight excluding hydrogens is 398 g/mol. The Bertz CT molecular complexity index is 953. The van der Waals surface area contributed by atoms with Crippen LogP contribution in [0.15, 0.2) is 47.4 Å². The predicted molar refractivity (Wildman–Crippen MR) is 115 cm³/mol. The number of nitrogens with zero attached hydrogens (tertiary/aromatic N) is 3. The molecule has 1 aliphatic heterocycles. The van der Waals surface area contributed by atoms with E-state index in [9.17, 15) is 4.79 Å². The number of carbonyl (C=O) groups excluding carboxylic acids is 1. The summed E-state index contributed by atoms with van der Waals surface area (Å²) in [5, 5.41) is 1.77. The highest BCUT2D eigenvalue weighted by Crippen LogP contribution is 2.33. The molecule has 2 aromatic carbocycles. The summed E-state index contributed by atoms with van der Waals surface area (Å²) in [6, 6.07) is 14.0. The molecule has 0 saturated carbocycles. The van der Waals surface area contributed by atoms with Crippen LogP contribution in [0.3, 0.4) is 0 Å². The third-order valence-corrected chi connectivity index (χ3v) is 7.23. The van der Waals surface area contributed by atoms with Gasteiger partial charge in [0.25, 0.3) is 0 Å². The van der Waals surface area contributed by atoms with Crippen molar-refractivity contribution in [2.75, 3.05) is 36.8 Å². The number of amides is 1. The minimum atomic E-state index is 0.204. The monoisotopic (exact) mass is 417 g/mol. The van der Waals surface area contributed by atoms with Crippen molar-refractivity contribution in [3.05, 3.63) is 53.1 Å². The molecule has 0 atom stereocenters. The predicted octanol–water partition coefficient (Wildman–Crippen LogP) is 4.70. The third kappa shape index (κ3) is 4.08. The zero-order chi connectivity index (χ0) is 18.8. The number of thioether (sulfide) groups is 1. The van der Waals surface area contributed by atoms with Crippen LogP contribution < -0.4 is 4.90 Å². The number of carbonyl (C=O) groups is 1. The first-order chi connectivity index (χ1) is 13.1. The molecule has 0 N–H and O–H groups in total. The molecule has 1 aliphatic rings. The number of hydrogen-bond acceptors (Lipinski definition) is 5. The van der Waals surface area contributed by atoms with E-state index in [1.165, 1.54) is 0 Å².